The van der Waals surface area contributed by atoms with E-state index in [1.807, 2.05) is 30.3 Å². The predicted molar refractivity (Wildman–Crippen MR) is 98.1 cm³/mol. The van der Waals surface area contributed by atoms with Crippen LogP contribution in [0.3, 0.4) is 0 Å². The standard InChI is InChI=1S/C19H21FN2O2.ClH/c1-13(19(24)15-8-5-9-16(20)11-15)10-18(23)22-12-17(21)14-6-3-2-4-7-14;/h2-9,11,13,17H,10,12,21H2,1H3,(H,22,23);1H. The third kappa shape index (κ3) is 6.29. The molecule has 1 amide bonds. The number of hydrogen-bond donors (Lipinski definition) is 2. The van der Waals surface area contributed by atoms with Gasteiger partial charge in [0.15, 0.2) is 5.78 Å². The highest BCUT2D eigenvalue weighted by molar-refractivity contribution is 5.99. The van der Waals surface area contributed by atoms with Crippen LogP contribution in [-0.4, -0.2) is 18.2 Å². The SMILES string of the molecule is CC(CC(=O)NCC(N)c1ccccc1)C(=O)c1cccc(F)c1.Cl. The maximum atomic E-state index is 13.2. The second-order valence-electron chi connectivity index (χ2n) is 5.80. The average molecular weight is 365 g/mol. The van der Waals surface area contributed by atoms with Gasteiger partial charge in [0.25, 0.3) is 0 Å². The van der Waals surface area contributed by atoms with E-state index in [0.29, 0.717) is 6.54 Å². The minimum atomic E-state index is -0.528. The zero-order chi connectivity index (χ0) is 17.5. The van der Waals surface area contributed by atoms with Crippen LogP contribution in [0.5, 0.6) is 0 Å². The monoisotopic (exact) mass is 364 g/mol. The quantitative estimate of drug-likeness (QED) is 0.740. The van der Waals surface area contributed by atoms with Crippen molar-refractivity contribution in [2.75, 3.05) is 6.54 Å². The molecule has 0 aliphatic heterocycles. The van der Waals surface area contributed by atoms with Gasteiger partial charge < -0.3 is 11.1 Å². The first-order valence-electron chi connectivity index (χ1n) is 7.84. The molecule has 6 heteroatoms. The molecule has 0 aliphatic rings. The molecule has 0 saturated carbocycles. The van der Waals surface area contributed by atoms with Crippen molar-refractivity contribution >= 4 is 24.1 Å². The fourth-order valence-corrected chi connectivity index (χ4v) is 2.41. The van der Waals surface area contributed by atoms with E-state index in [1.54, 1.807) is 13.0 Å². The lowest BCUT2D eigenvalue weighted by Crippen LogP contribution is -2.33. The van der Waals surface area contributed by atoms with Gasteiger partial charge >= 0.3 is 0 Å². The fourth-order valence-electron chi connectivity index (χ4n) is 2.41. The number of hydrogen-bond acceptors (Lipinski definition) is 3. The van der Waals surface area contributed by atoms with E-state index in [1.165, 1.54) is 18.2 Å². The minimum absolute atomic E-state index is 0. The summed E-state index contributed by atoms with van der Waals surface area (Å²) in [5.74, 6) is -1.50. The summed E-state index contributed by atoms with van der Waals surface area (Å²) in [7, 11) is 0. The van der Waals surface area contributed by atoms with E-state index < -0.39 is 11.7 Å². The minimum Gasteiger partial charge on any atom is -0.354 e. The topological polar surface area (TPSA) is 72.2 Å². The maximum absolute atomic E-state index is 13.2. The highest BCUT2D eigenvalue weighted by Gasteiger charge is 2.19. The number of rotatable bonds is 7. The van der Waals surface area contributed by atoms with E-state index in [4.69, 9.17) is 5.73 Å². The number of carbonyl (C=O) groups is 2. The van der Waals surface area contributed by atoms with Gasteiger partial charge in [0.1, 0.15) is 5.82 Å². The number of halogens is 2. The van der Waals surface area contributed by atoms with Crippen molar-refractivity contribution in [3.63, 3.8) is 0 Å². The van der Waals surface area contributed by atoms with E-state index in [0.717, 1.165) is 5.56 Å². The van der Waals surface area contributed by atoms with Crippen molar-refractivity contribution in [3.05, 3.63) is 71.5 Å². The largest absolute Gasteiger partial charge is 0.354 e. The summed E-state index contributed by atoms with van der Waals surface area (Å²) < 4.78 is 13.2. The van der Waals surface area contributed by atoms with Crippen molar-refractivity contribution in [1.82, 2.24) is 5.32 Å². The molecule has 0 bridgehead atoms. The summed E-state index contributed by atoms with van der Waals surface area (Å²) >= 11 is 0. The van der Waals surface area contributed by atoms with E-state index in [-0.39, 0.29) is 42.1 Å². The van der Waals surface area contributed by atoms with Crippen LogP contribution in [0.25, 0.3) is 0 Å². The molecule has 2 unspecified atom stereocenters. The second kappa shape index (κ2) is 9.91. The summed E-state index contributed by atoms with van der Waals surface area (Å²) in [6.07, 6.45) is 0.0385. The van der Waals surface area contributed by atoms with Gasteiger partial charge in [-0.15, -0.1) is 12.4 Å². The summed E-state index contributed by atoms with van der Waals surface area (Å²) in [5.41, 5.74) is 7.22. The lowest BCUT2D eigenvalue weighted by molar-refractivity contribution is -0.121. The molecule has 2 rings (SSSR count). The molecule has 2 aromatic rings. The molecular formula is C19H22ClFN2O2. The van der Waals surface area contributed by atoms with Crippen LogP contribution >= 0.6 is 12.4 Å². The molecule has 0 radical (unpaired) electrons. The van der Waals surface area contributed by atoms with Crippen molar-refractivity contribution < 1.29 is 14.0 Å². The van der Waals surface area contributed by atoms with Gasteiger partial charge in [0.05, 0.1) is 0 Å². The molecule has 4 nitrogen and oxygen atoms in total. The summed E-state index contributed by atoms with van der Waals surface area (Å²) in [5, 5.41) is 2.74. The third-order valence-corrected chi connectivity index (χ3v) is 3.80. The van der Waals surface area contributed by atoms with Crippen LogP contribution in [0, 0.1) is 11.7 Å². The first-order valence-corrected chi connectivity index (χ1v) is 7.84. The zero-order valence-electron chi connectivity index (χ0n) is 13.9. The molecule has 3 N–H and O–H groups in total. The van der Waals surface area contributed by atoms with Crippen LogP contribution in [0.4, 0.5) is 4.39 Å². The van der Waals surface area contributed by atoms with E-state index >= 15 is 0 Å². The molecule has 0 spiro atoms. The number of carbonyl (C=O) groups excluding carboxylic acids is 2. The van der Waals surface area contributed by atoms with Gasteiger partial charge in [0.2, 0.25) is 5.91 Å². The van der Waals surface area contributed by atoms with Crippen molar-refractivity contribution in [1.29, 1.82) is 0 Å². The zero-order valence-corrected chi connectivity index (χ0v) is 14.8. The van der Waals surface area contributed by atoms with Gasteiger partial charge in [-0.1, -0.05) is 49.4 Å². The second-order valence-corrected chi connectivity index (χ2v) is 5.80. The van der Waals surface area contributed by atoms with Crippen LogP contribution in [0.1, 0.15) is 35.3 Å². The highest BCUT2D eigenvalue weighted by Crippen LogP contribution is 2.14. The molecule has 2 atom stereocenters. The van der Waals surface area contributed by atoms with Gasteiger partial charge in [0, 0.05) is 30.5 Å². The predicted octanol–water partition coefficient (Wildman–Crippen LogP) is 3.27. The normalized spacial score (nSPS) is 12.6. The number of benzene rings is 2. The van der Waals surface area contributed by atoms with E-state index in [2.05, 4.69) is 5.32 Å². The lowest BCUT2D eigenvalue weighted by Gasteiger charge is -2.15. The van der Waals surface area contributed by atoms with Crippen LogP contribution in [0.2, 0.25) is 0 Å². The Morgan fingerprint density at radius 3 is 2.44 bits per heavy atom. The Hall–Kier alpha value is -2.24. The summed E-state index contributed by atoms with van der Waals surface area (Å²) in [6.45, 7) is 1.95. The molecule has 134 valence electrons. The fraction of sp³-hybridized carbons (Fsp3) is 0.263. The van der Waals surface area contributed by atoms with E-state index in [9.17, 15) is 14.0 Å². The van der Waals surface area contributed by atoms with Gasteiger partial charge in [-0.05, 0) is 17.7 Å². The Morgan fingerprint density at radius 2 is 1.80 bits per heavy atom. The summed E-state index contributed by atoms with van der Waals surface area (Å²) in [4.78, 5) is 24.2. The molecule has 0 aromatic heterocycles. The Labute approximate surface area is 153 Å². The number of amides is 1. The van der Waals surface area contributed by atoms with Gasteiger partial charge in [-0.3, -0.25) is 9.59 Å². The number of ketones is 1. The number of Topliss-reactive ketones (excluding diaryl/α,β-unsaturated/α-hetero) is 1. The molecular weight excluding hydrogens is 343 g/mol. The third-order valence-electron chi connectivity index (χ3n) is 3.80. The Bertz CT molecular complexity index is 710. The van der Waals surface area contributed by atoms with Gasteiger partial charge in [-0.25, -0.2) is 4.39 Å². The lowest BCUT2D eigenvalue weighted by atomic mass is 9.96. The molecule has 25 heavy (non-hydrogen) atoms. The maximum Gasteiger partial charge on any atom is 0.220 e. The van der Waals surface area contributed by atoms with Crippen molar-refractivity contribution in [3.8, 4) is 0 Å². The Kier molecular flexibility index (Phi) is 8.25. The molecule has 0 heterocycles. The first kappa shape index (κ1) is 20.8. The average Bonchev–Trinajstić information content (AvgIpc) is 2.59. The first-order chi connectivity index (χ1) is 11.5. The van der Waals surface area contributed by atoms with Gasteiger partial charge in [-0.2, -0.15) is 0 Å². The van der Waals surface area contributed by atoms with Crippen molar-refractivity contribution in [2.24, 2.45) is 11.7 Å². The van der Waals surface area contributed by atoms with Crippen LogP contribution in [-0.2, 0) is 4.79 Å². The Morgan fingerprint density at radius 1 is 1.12 bits per heavy atom. The molecule has 0 fully saturated rings. The Balaban J connectivity index is 0.00000312. The van der Waals surface area contributed by atoms with Crippen LogP contribution in [0.15, 0.2) is 54.6 Å². The number of nitrogens with two attached hydrogens (primary N) is 1. The molecule has 2 aromatic carbocycles. The highest BCUT2D eigenvalue weighted by atomic mass is 35.5. The smallest absolute Gasteiger partial charge is 0.220 e. The number of nitrogens with one attached hydrogen (secondary N) is 1. The van der Waals surface area contributed by atoms with Crippen molar-refractivity contribution in [2.45, 2.75) is 19.4 Å². The molecule has 0 aliphatic carbocycles. The molecule has 0 saturated heterocycles. The van der Waals surface area contributed by atoms with Crippen LogP contribution < -0.4 is 11.1 Å². The summed E-state index contributed by atoms with van der Waals surface area (Å²) in [6, 6.07) is 14.6.